The third kappa shape index (κ3) is 8.40. The van der Waals surface area contributed by atoms with Crippen LogP contribution in [0.4, 0.5) is 15.9 Å². The van der Waals surface area contributed by atoms with E-state index in [9.17, 15) is 14.0 Å². The molecule has 2 heterocycles. The summed E-state index contributed by atoms with van der Waals surface area (Å²) in [5.41, 5.74) is 1.25. The molecule has 1 saturated heterocycles. The maximum absolute atomic E-state index is 13.6. The van der Waals surface area contributed by atoms with E-state index in [1.54, 1.807) is 19.2 Å². The molecule has 0 radical (unpaired) electrons. The summed E-state index contributed by atoms with van der Waals surface area (Å²) in [4.78, 5) is 36.9. The van der Waals surface area contributed by atoms with Gasteiger partial charge in [0, 0.05) is 56.3 Å². The molecule has 1 aliphatic heterocycles. The van der Waals surface area contributed by atoms with E-state index >= 15 is 0 Å². The molecule has 12 heteroatoms. The van der Waals surface area contributed by atoms with Crippen molar-refractivity contribution in [2.75, 3.05) is 58.4 Å². The number of carbonyl (C=O) groups excluding carboxylic acids is 2. The number of hydrogen-bond acceptors (Lipinski definition) is 9. The van der Waals surface area contributed by atoms with Crippen molar-refractivity contribution in [3.63, 3.8) is 0 Å². The van der Waals surface area contributed by atoms with E-state index in [0.717, 1.165) is 32.5 Å². The van der Waals surface area contributed by atoms with Crippen molar-refractivity contribution in [1.82, 2.24) is 19.8 Å². The second-order valence-electron chi connectivity index (χ2n) is 9.64. The van der Waals surface area contributed by atoms with Gasteiger partial charge in [0.1, 0.15) is 18.0 Å². The van der Waals surface area contributed by atoms with Gasteiger partial charge in [-0.05, 0) is 37.1 Å². The Morgan fingerprint density at radius 2 is 1.85 bits per heavy atom. The third-order valence-corrected chi connectivity index (χ3v) is 7.00. The Morgan fingerprint density at radius 1 is 1.05 bits per heavy atom. The number of rotatable bonds is 13. The van der Waals surface area contributed by atoms with Crippen LogP contribution in [0.1, 0.15) is 32.6 Å². The molecule has 1 fully saturated rings. The molecule has 1 N–H and O–H groups in total. The monoisotopic (exact) mass is 587 g/mol. The topological polar surface area (TPSA) is 106 Å². The molecule has 41 heavy (non-hydrogen) atoms. The number of halogens is 2. The number of benzene rings is 2. The molecule has 1 amide bonds. The van der Waals surface area contributed by atoms with Crippen LogP contribution in [-0.2, 0) is 14.3 Å². The zero-order chi connectivity index (χ0) is 29.2. The van der Waals surface area contributed by atoms with Crippen LogP contribution in [0.3, 0.4) is 0 Å². The largest absolute Gasteiger partial charge is 0.493 e. The molecule has 1 aliphatic rings. The van der Waals surface area contributed by atoms with Crippen molar-refractivity contribution < 1.29 is 28.2 Å². The number of nitrogens with one attached hydrogen (secondary N) is 1. The fourth-order valence-electron chi connectivity index (χ4n) is 4.49. The lowest BCUT2D eigenvalue weighted by atomic mass is 10.2. The van der Waals surface area contributed by atoms with Crippen LogP contribution in [0.25, 0.3) is 10.9 Å². The standard InChI is InChI=1S/C29H35ClFN5O5/c1-3-14-41-28(38)8-7-27(37)36-12-10-35(11-13-36)9-4-15-40-26-17-21-24(18-25(26)39-2)32-19-33-29(21)34-20-5-6-23(31)22(30)16-20/h5-6,16-19H,3-4,7-15H2,1-2H3,(H,32,33,34). The van der Waals surface area contributed by atoms with Gasteiger partial charge in [0.25, 0.3) is 0 Å². The number of esters is 1. The molecule has 0 spiro atoms. The highest BCUT2D eigenvalue weighted by Gasteiger charge is 2.21. The molecular weight excluding hydrogens is 553 g/mol. The van der Waals surface area contributed by atoms with Gasteiger partial charge < -0.3 is 24.4 Å². The first-order chi connectivity index (χ1) is 19.9. The highest BCUT2D eigenvalue weighted by Crippen LogP contribution is 2.35. The Bertz CT molecular complexity index is 1350. The second kappa shape index (κ2) is 14.8. The molecule has 10 nitrogen and oxygen atoms in total. The van der Waals surface area contributed by atoms with Crippen LogP contribution in [0, 0.1) is 5.82 Å². The van der Waals surface area contributed by atoms with Gasteiger partial charge in [0.2, 0.25) is 5.91 Å². The highest BCUT2D eigenvalue weighted by molar-refractivity contribution is 6.31. The average molecular weight is 588 g/mol. The SMILES string of the molecule is CCCOC(=O)CCC(=O)N1CCN(CCCOc2cc3c(Nc4ccc(F)c(Cl)c4)ncnc3cc2OC)CC1. The number of carbonyl (C=O) groups is 2. The molecule has 0 unspecified atom stereocenters. The molecule has 2 aromatic carbocycles. The van der Waals surface area contributed by atoms with Gasteiger partial charge in [-0.2, -0.15) is 0 Å². The van der Waals surface area contributed by atoms with Crippen molar-refractivity contribution in [1.29, 1.82) is 0 Å². The predicted octanol–water partition coefficient (Wildman–Crippen LogP) is 4.82. The van der Waals surface area contributed by atoms with Crippen LogP contribution in [0.5, 0.6) is 11.5 Å². The minimum absolute atomic E-state index is 0.00908. The van der Waals surface area contributed by atoms with Crippen molar-refractivity contribution >= 4 is 45.9 Å². The van der Waals surface area contributed by atoms with E-state index in [4.69, 9.17) is 25.8 Å². The highest BCUT2D eigenvalue weighted by atomic mass is 35.5. The maximum atomic E-state index is 13.6. The first-order valence-corrected chi connectivity index (χ1v) is 14.1. The van der Waals surface area contributed by atoms with E-state index < -0.39 is 5.82 Å². The molecular formula is C29H35ClFN5O5. The normalized spacial score (nSPS) is 13.7. The minimum atomic E-state index is -0.498. The fraction of sp³-hybridized carbons (Fsp3) is 0.448. The number of anilines is 2. The molecule has 1 aromatic heterocycles. The first kappa shape index (κ1) is 30.3. The lowest BCUT2D eigenvalue weighted by molar-refractivity contribution is -0.146. The number of aromatic nitrogens is 2. The third-order valence-electron chi connectivity index (χ3n) is 6.71. The van der Waals surface area contributed by atoms with Gasteiger partial charge >= 0.3 is 5.97 Å². The summed E-state index contributed by atoms with van der Waals surface area (Å²) in [5, 5.41) is 3.89. The van der Waals surface area contributed by atoms with Gasteiger partial charge in [-0.25, -0.2) is 14.4 Å². The molecule has 0 atom stereocenters. The quantitative estimate of drug-likeness (QED) is 0.222. The number of fused-ring (bicyclic) bond motifs is 1. The summed E-state index contributed by atoms with van der Waals surface area (Å²) in [6, 6.07) is 7.97. The van der Waals surface area contributed by atoms with Crippen LogP contribution < -0.4 is 14.8 Å². The van der Waals surface area contributed by atoms with Gasteiger partial charge in [0.15, 0.2) is 11.5 Å². The fourth-order valence-corrected chi connectivity index (χ4v) is 4.67. The van der Waals surface area contributed by atoms with E-state index in [1.807, 2.05) is 17.9 Å². The molecule has 4 rings (SSSR count). The number of methoxy groups -OCH3 is 1. The Morgan fingerprint density at radius 3 is 2.59 bits per heavy atom. The minimum Gasteiger partial charge on any atom is -0.493 e. The summed E-state index contributed by atoms with van der Waals surface area (Å²) in [5.74, 6) is 0.808. The second-order valence-corrected chi connectivity index (χ2v) is 10.0. The lowest BCUT2D eigenvalue weighted by Gasteiger charge is -2.34. The molecule has 220 valence electrons. The van der Waals surface area contributed by atoms with Crippen molar-refractivity contribution in [2.24, 2.45) is 0 Å². The van der Waals surface area contributed by atoms with Crippen molar-refractivity contribution in [3.05, 3.63) is 47.5 Å². The molecule has 0 bridgehead atoms. The van der Waals surface area contributed by atoms with E-state index in [2.05, 4.69) is 20.2 Å². The summed E-state index contributed by atoms with van der Waals surface area (Å²) in [7, 11) is 1.57. The number of hydrogen-bond donors (Lipinski definition) is 1. The van der Waals surface area contributed by atoms with Crippen LogP contribution in [0.2, 0.25) is 5.02 Å². The smallest absolute Gasteiger partial charge is 0.306 e. The summed E-state index contributed by atoms with van der Waals surface area (Å²) in [6.45, 7) is 6.42. The maximum Gasteiger partial charge on any atom is 0.306 e. The van der Waals surface area contributed by atoms with Gasteiger partial charge in [0.05, 0.1) is 37.3 Å². The summed E-state index contributed by atoms with van der Waals surface area (Å²) in [6.07, 6.45) is 3.29. The molecule has 0 saturated carbocycles. The molecule has 0 aliphatic carbocycles. The predicted molar refractivity (Wildman–Crippen MR) is 154 cm³/mol. The Kier molecular flexibility index (Phi) is 10.9. The number of piperazine rings is 1. The number of ether oxygens (including phenoxy) is 3. The van der Waals surface area contributed by atoms with Crippen molar-refractivity contribution in [3.8, 4) is 11.5 Å². The summed E-state index contributed by atoms with van der Waals surface area (Å²) >= 11 is 5.93. The van der Waals surface area contributed by atoms with Crippen LogP contribution >= 0.6 is 11.6 Å². The van der Waals surface area contributed by atoms with Crippen molar-refractivity contribution in [2.45, 2.75) is 32.6 Å². The summed E-state index contributed by atoms with van der Waals surface area (Å²) < 4.78 is 30.2. The Balaban J connectivity index is 1.27. The van der Waals surface area contributed by atoms with Crippen LogP contribution in [-0.4, -0.2) is 84.7 Å². The number of nitrogens with zero attached hydrogens (tertiary/aromatic N) is 4. The van der Waals surface area contributed by atoms with E-state index in [-0.39, 0.29) is 29.7 Å². The Hall–Kier alpha value is -3.70. The molecule has 3 aromatic rings. The van der Waals surface area contributed by atoms with E-state index in [0.29, 0.717) is 60.2 Å². The van der Waals surface area contributed by atoms with E-state index in [1.165, 1.54) is 18.5 Å². The van der Waals surface area contributed by atoms with Gasteiger partial charge in [-0.15, -0.1) is 0 Å². The van der Waals surface area contributed by atoms with Gasteiger partial charge in [-0.3, -0.25) is 14.5 Å². The lowest BCUT2D eigenvalue weighted by Crippen LogP contribution is -2.49. The average Bonchev–Trinajstić information content (AvgIpc) is 2.99. The zero-order valence-corrected chi connectivity index (χ0v) is 24.1. The Labute approximate surface area is 243 Å². The first-order valence-electron chi connectivity index (χ1n) is 13.7. The zero-order valence-electron chi connectivity index (χ0n) is 23.3. The number of amides is 1. The van der Waals surface area contributed by atoms with Crippen LogP contribution in [0.15, 0.2) is 36.7 Å². The van der Waals surface area contributed by atoms with Gasteiger partial charge in [-0.1, -0.05) is 18.5 Å².